The number of amidine groups is 1. The van der Waals surface area contributed by atoms with Gasteiger partial charge in [0, 0.05) is 18.2 Å². The Bertz CT molecular complexity index is 345. The van der Waals surface area contributed by atoms with Gasteiger partial charge < -0.3 is 5.73 Å². The van der Waals surface area contributed by atoms with E-state index in [1.54, 1.807) is 7.05 Å². The molecule has 1 aromatic carbocycles. The van der Waals surface area contributed by atoms with Crippen molar-refractivity contribution in [3.63, 3.8) is 0 Å². The predicted octanol–water partition coefficient (Wildman–Crippen LogP) is 1.00. The summed E-state index contributed by atoms with van der Waals surface area (Å²) in [5.74, 6) is 3.04. The Morgan fingerprint density at radius 3 is 2.92 bits per heavy atom. The maximum atomic E-state index is 5.60. The highest BCUT2D eigenvalue weighted by atomic mass is 14.8. The average Bonchev–Trinajstić information content (AvgIpc) is 2.17. The van der Waals surface area contributed by atoms with Gasteiger partial charge in [0.2, 0.25) is 0 Å². The van der Waals surface area contributed by atoms with E-state index in [1.807, 2.05) is 24.3 Å². The van der Waals surface area contributed by atoms with Crippen LogP contribution in [0.1, 0.15) is 11.1 Å². The van der Waals surface area contributed by atoms with Gasteiger partial charge >= 0.3 is 0 Å². The Balaban J connectivity index is 3.12. The topological polar surface area (TPSA) is 38.4 Å². The third-order valence-corrected chi connectivity index (χ3v) is 1.57. The van der Waals surface area contributed by atoms with E-state index in [0.717, 1.165) is 11.1 Å². The molecule has 0 aliphatic carbocycles. The fraction of sp³-hybridized carbons (Fsp3) is 0.100. The molecule has 60 valence electrons. The third kappa shape index (κ3) is 1.64. The highest BCUT2D eigenvalue weighted by Crippen LogP contribution is 2.02. The molecule has 0 heterocycles. The van der Waals surface area contributed by atoms with Crippen molar-refractivity contribution >= 4 is 5.84 Å². The first-order chi connectivity index (χ1) is 5.77. The molecule has 0 aliphatic heterocycles. The Hall–Kier alpha value is -1.75. The van der Waals surface area contributed by atoms with Crippen molar-refractivity contribution in [3.05, 3.63) is 35.4 Å². The first kappa shape index (κ1) is 8.35. The summed E-state index contributed by atoms with van der Waals surface area (Å²) in [5.41, 5.74) is 7.29. The van der Waals surface area contributed by atoms with E-state index in [9.17, 15) is 0 Å². The van der Waals surface area contributed by atoms with Crippen LogP contribution in [0.3, 0.4) is 0 Å². The van der Waals surface area contributed by atoms with Crippen molar-refractivity contribution in [2.24, 2.45) is 10.7 Å². The van der Waals surface area contributed by atoms with Gasteiger partial charge in [-0.1, -0.05) is 18.1 Å². The van der Waals surface area contributed by atoms with Gasteiger partial charge in [0.15, 0.2) is 0 Å². The number of benzene rings is 1. The van der Waals surface area contributed by atoms with Crippen LogP contribution < -0.4 is 5.73 Å². The highest BCUT2D eigenvalue weighted by Gasteiger charge is 1.96. The molecule has 1 rings (SSSR count). The summed E-state index contributed by atoms with van der Waals surface area (Å²) in [6.45, 7) is 0. The minimum Gasteiger partial charge on any atom is -0.384 e. The van der Waals surface area contributed by atoms with Crippen molar-refractivity contribution in [2.75, 3.05) is 7.05 Å². The molecule has 1 aromatic rings. The Labute approximate surface area is 72.1 Å². The molecule has 0 aromatic heterocycles. The van der Waals surface area contributed by atoms with E-state index >= 15 is 0 Å². The van der Waals surface area contributed by atoms with Gasteiger partial charge in [-0.2, -0.15) is 0 Å². The molecule has 0 radical (unpaired) electrons. The number of hydrogen-bond donors (Lipinski definition) is 1. The van der Waals surface area contributed by atoms with Crippen LogP contribution in [-0.2, 0) is 0 Å². The zero-order chi connectivity index (χ0) is 8.97. The Morgan fingerprint density at radius 1 is 1.58 bits per heavy atom. The monoisotopic (exact) mass is 158 g/mol. The van der Waals surface area contributed by atoms with E-state index in [4.69, 9.17) is 12.2 Å². The zero-order valence-corrected chi connectivity index (χ0v) is 6.91. The first-order valence-corrected chi connectivity index (χ1v) is 3.57. The molecule has 0 aliphatic rings. The number of nitrogens with zero attached hydrogens (tertiary/aromatic N) is 1. The molecule has 2 nitrogen and oxygen atoms in total. The zero-order valence-electron chi connectivity index (χ0n) is 6.91. The van der Waals surface area contributed by atoms with Gasteiger partial charge in [0.05, 0.1) is 0 Å². The minimum atomic E-state index is 0.507. The Morgan fingerprint density at radius 2 is 2.33 bits per heavy atom. The summed E-state index contributed by atoms with van der Waals surface area (Å²) in [6.07, 6.45) is 5.23. The van der Waals surface area contributed by atoms with Gasteiger partial charge in [-0.3, -0.25) is 4.99 Å². The summed E-state index contributed by atoms with van der Waals surface area (Å²) in [7, 11) is 1.65. The normalized spacial score (nSPS) is 10.8. The molecule has 0 atom stereocenters. The molecule has 0 unspecified atom stereocenters. The van der Waals surface area contributed by atoms with Crippen molar-refractivity contribution in [1.29, 1.82) is 0 Å². The summed E-state index contributed by atoms with van der Waals surface area (Å²) >= 11 is 0. The minimum absolute atomic E-state index is 0.507. The molecule has 0 spiro atoms. The maximum absolute atomic E-state index is 5.60. The van der Waals surface area contributed by atoms with Crippen LogP contribution in [-0.4, -0.2) is 12.9 Å². The highest BCUT2D eigenvalue weighted by molar-refractivity contribution is 5.97. The number of rotatable bonds is 1. The summed E-state index contributed by atoms with van der Waals surface area (Å²) in [5, 5.41) is 0. The predicted molar refractivity (Wildman–Crippen MR) is 51.0 cm³/mol. The SMILES string of the molecule is C#Cc1cccc(C(N)=NC)c1. The largest absolute Gasteiger partial charge is 0.384 e. The van der Waals surface area contributed by atoms with E-state index < -0.39 is 0 Å². The van der Waals surface area contributed by atoms with E-state index in [2.05, 4.69) is 10.9 Å². The van der Waals surface area contributed by atoms with E-state index in [-0.39, 0.29) is 0 Å². The second kappa shape index (κ2) is 3.59. The second-order valence-electron chi connectivity index (χ2n) is 2.33. The lowest BCUT2D eigenvalue weighted by atomic mass is 10.1. The maximum Gasteiger partial charge on any atom is 0.125 e. The summed E-state index contributed by atoms with van der Waals surface area (Å²) in [4.78, 5) is 3.86. The summed E-state index contributed by atoms with van der Waals surface area (Å²) in [6, 6.07) is 7.43. The fourth-order valence-corrected chi connectivity index (χ4v) is 0.897. The van der Waals surface area contributed by atoms with Crippen LogP contribution >= 0.6 is 0 Å². The van der Waals surface area contributed by atoms with Gasteiger partial charge in [-0.05, 0) is 12.1 Å². The molecule has 0 saturated carbocycles. The van der Waals surface area contributed by atoms with Gasteiger partial charge in [-0.15, -0.1) is 6.42 Å². The van der Waals surface area contributed by atoms with Crippen LogP contribution in [0, 0.1) is 12.3 Å². The van der Waals surface area contributed by atoms with Gasteiger partial charge in [0.25, 0.3) is 0 Å². The van der Waals surface area contributed by atoms with Gasteiger partial charge in [-0.25, -0.2) is 0 Å². The lowest BCUT2D eigenvalue weighted by Crippen LogP contribution is -2.12. The molecule has 0 saturated heterocycles. The van der Waals surface area contributed by atoms with E-state index in [0.29, 0.717) is 5.84 Å². The standard InChI is InChI=1S/C10H10N2/c1-3-8-5-4-6-9(7-8)10(11)12-2/h1,4-7H,2H3,(H2,11,12). The van der Waals surface area contributed by atoms with Crippen LogP contribution in [0.4, 0.5) is 0 Å². The van der Waals surface area contributed by atoms with Crippen molar-refractivity contribution in [1.82, 2.24) is 0 Å². The van der Waals surface area contributed by atoms with Crippen LogP contribution in [0.25, 0.3) is 0 Å². The number of nitrogens with two attached hydrogens (primary N) is 1. The first-order valence-electron chi connectivity index (χ1n) is 3.57. The van der Waals surface area contributed by atoms with Crippen molar-refractivity contribution in [2.45, 2.75) is 0 Å². The van der Waals surface area contributed by atoms with E-state index in [1.165, 1.54) is 0 Å². The van der Waals surface area contributed by atoms with Gasteiger partial charge in [0.1, 0.15) is 5.84 Å². The molecular formula is C10H10N2. The third-order valence-electron chi connectivity index (χ3n) is 1.57. The van der Waals surface area contributed by atoms with Crippen LogP contribution in [0.15, 0.2) is 29.3 Å². The molecule has 2 N–H and O–H groups in total. The average molecular weight is 158 g/mol. The van der Waals surface area contributed by atoms with Crippen LogP contribution in [0.5, 0.6) is 0 Å². The molecule has 0 amide bonds. The number of terminal acetylenes is 1. The molecule has 2 heteroatoms. The van der Waals surface area contributed by atoms with Crippen LogP contribution in [0.2, 0.25) is 0 Å². The van der Waals surface area contributed by atoms with Crippen molar-refractivity contribution in [3.8, 4) is 12.3 Å². The molecule has 0 bridgehead atoms. The Kier molecular flexibility index (Phi) is 2.49. The smallest absolute Gasteiger partial charge is 0.125 e. The molecule has 0 fully saturated rings. The quantitative estimate of drug-likeness (QED) is 0.369. The lowest BCUT2D eigenvalue weighted by molar-refractivity contribution is 1.39. The molecule has 12 heavy (non-hydrogen) atoms. The summed E-state index contributed by atoms with van der Waals surface area (Å²) < 4.78 is 0. The number of aliphatic imine (C=N–C) groups is 1. The lowest BCUT2D eigenvalue weighted by Gasteiger charge is -1.98. The fourth-order valence-electron chi connectivity index (χ4n) is 0.897. The number of hydrogen-bond acceptors (Lipinski definition) is 1. The second-order valence-corrected chi connectivity index (χ2v) is 2.33. The van der Waals surface area contributed by atoms with Crippen molar-refractivity contribution < 1.29 is 0 Å². The molecular weight excluding hydrogens is 148 g/mol.